The molecule has 26 heavy (non-hydrogen) atoms. The van der Waals surface area contributed by atoms with Crippen LogP contribution < -0.4 is 21.3 Å². The smallest absolute Gasteiger partial charge is 0.279 e. The van der Waals surface area contributed by atoms with Gasteiger partial charge in [0.1, 0.15) is 0 Å². The quantitative estimate of drug-likeness (QED) is 0.363. The number of benzene rings is 2. The summed E-state index contributed by atoms with van der Waals surface area (Å²) in [6.45, 7) is 0. The lowest BCUT2D eigenvalue weighted by Gasteiger charge is -2.08. The first kappa shape index (κ1) is 17.4. The van der Waals surface area contributed by atoms with Crippen LogP contribution in [0.15, 0.2) is 57.2 Å². The summed E-state index contributed by atoms with van der Waals surface area (Å²) in [5.41, 5.74) is 1.95. The second kappa shape index (κ2) is 7.19. The van der Waals surface area contributed by atoms with E-state index in [1.165, 1.54) is 13.3 Å². The summed E-state index contributed by atoms with van der Waals surface area (Å²) in [5.74, 6) is 0.217. The highest BCUT2D eigenvalue weighted by atomic mass is 32.1. The van der Waals surface area contributed by atoms with Crippen molar-refractivity contribution in [1.29, 1.82) is 0 Å². The van der Waals surface area contributed by atoms with Gasteiger partial charge in [0.25, 0.3) is 11.1 Å². The van der Waals surface area contributed by atoms with Crippen molar-refractivity contribution < 1.29 is 9.84 Å². The van der Waals surface area contributed by atoms with E-state index < -0.39 is 11.1 Å². The van der Waals surface area contributed by atoms with Gasteiger partial charge in [0, 0.05) is 5.56 Å². The largest absolute Gasteiger partial charge is 0.504 e. The molecule has 0 aliphatic rings. The highest BCUT2D eigenvalue weighted by molar-refractivity contribution is 7.80. The number of thiocarbonyl (C=S) groups is 1. The third kappa shape index (κ3) is 3.20. The first-order valence-corrected chi connectivity index (χ1v) is 7.87. The van der Waals surface area contributed by atoms with Crippen LogP contribution in [0.4, 0.5) is 0 Å². The third-order valence-electron chi connectivity index (χ3n) is 3.64. The number of nitrogens with zero attached hydrogens (tertiary/aromatic N) is 2. The molecule has 0 saturated carbocycles. The number of H-pyrrole nitrogens is 1. The van der Waals surface area contributed by atoms with Crippen molar-refractivity contribution in [3.05, 3.63) is 68.7 Å². The summed E-state index contributed by atoms with van der Waals surface area (Å²) in [4.78, 5) is 24.5. The van der Waals surface area contributed by atoms with Crippen LogP contribution in [0.3, 0.4) is 0 Å². The molecule has 0 spiro atoms. The lowest BCUT2D eigenvalue weighted by molar-refractivity contribution is 0.373. The second-order valence-corrected chi connectivity index (χ2v) is 5.59. The molecule has 3 N–H and O–H groups in total. The average molecular weight is 370 g/mol. The first-order chi connectivity index (χ1) is 12.5. The van der Waals surface area contributed by atoms with Crippen molar-refractivity contribution in [2.75, 3.05) is 7.11 Å². The van der Waals surface area contributed by atoms with Crippen molar-refractivity contribution >= 4 is 34.3 Å². The normalized spacial score (nSPS) is 11.0. The molecule has 0 unspecified atom stereocenters. The molecule has 0 aliphatic carbocycles. The molecule has 1 heterocycles. The molecule has 8 nitrogen and oxygen atoms in total. The first-order valence-electron chi connectivity index (χ1n) is 7.46. The maximum Gasteiger partial charge on any atom is 0.279 e. The highest BCUT2D eigenvalue weighted by Gasteiger charge is 2.10. The summed E-state index contributed by atoms with van der Waals surface area (Å²) >= 11 is 5.11. The number of methoxy groups -OCH3 is 1. The van der Waals surface area contributed by atoms with Gasteiger partial charge in [-0.2, -0.15) is 9.78 Å². The Labute approximate surface area is 152 Å². The second-order valence-electron chi connectivity index (χ2n) is 5.20. The Bertz CT molecular complexity index is 1130. The molecule has 0 fully saturated rings. The Kier molecular flexibility index (Phi) is 4.81. The van der Waals surface area contributed by atoms with Gasteiger partial charge in [0.05, 0.1) is 24.1 Å². The number of hydrazone groups is 1. The fraction of sp³-hybridized carbons (Fsp3) is 0.0588. The van der Waals surface area contributed by atoms with Crippen LogP contribution >= 0.6 is 12.2 Å². The lowest BCUT2D eigenvalue weighted by Crippen LogP contribution is -2.39. The molecule has 132 valence electrons. The van der Waals surface area contributed by atoms with E-state index in [1.54, 1.807) is 42.5 Å². The summed E-state index contributed by atoms with van der Waals surface area (Å²) in [6.07, 6.45) is 1.31. The molecule has 2 aromatic carbocycles. The van der Waals surface area contributed by atoms with Crippen LogP contribution in [-0.4, -0.2) is 33.3 Å². The number of aromatic amines is 1. The van der Waals surface area contributed by atoms with Gasteiger partial charge in [0.2, 0.25) is 5.11 Å². The summed E-state index contributed by atoms with van der Waals surface area (Å²) in [6, 6.07) is 11.3. The van der Waals surface area contributed by atoms with E-state index in [-0.39, 0.29) is 21.6 Å². The zero-order valence-corrected chi connectivity index (χ0v) is 14.4. The lowest BCUT2D eigenvalue weighted by atomic mass is 10.2. The molecule has 9 heteroatoms. The molecule has 0 radical (unpaired) electrons. The van der Waals surface area contributed by atoms with Crippen LogP contribution in [0, 0.1) is 0 Å². The number of rotatable bonds is 3. The van der Waals surface area contributed by atoms with Gasteiger partial charge in [-0.15, -0.1) is 0 Å². The Morgan fingerprint density at radius 2 is 1.96 bits per heavy atom. The maximum absolute atomic E-state index is 12.4. The minimum absolute atomic E-state index is 0.0808. The molecule has 0 saturated heterocycles. The number of fused-ring (bicyclic) bond motifs is 1. The average Bonchev–Trinajstić information content (AvgIpc) is 2.66. The molecule has 3 aromatic rings. The van der Waals surface area contributed by atoms with E-state index in [9.17, 15) is 14.7 Å². The van der Waals surface area contributed by atoms with E-state index in [0.717, 1.165) is 4.68 Å². The van der Waals surface area contributed by atoms with Crippen LogP contribution in [-0.2, 0) is 0 Å². The van der Waals surface area contributed by atoms with E-state index in [0.29, 0.717) is 11.3 Å². The van der Waals surface area contributed by atoms with Crippen LogP contribution in [0.2, 0.25) is 0 Å². The monoisotopic (exact) mass is 370 g/mol. The zero-order chi connectivity index (χ0) is 18.7. The fourth-order valence-corrected chi connectivity index (χ4v) is 2.54. The molecule has 0 aliphatic heterocycles. The van der Waals surface area contributed by atoms with Gasteiger partial charge in [-0.3, -0.25) is 20.1 Å². The molecular weight excluding hydrogens is 356 g/mol. The number of ether oxygens (including phenoxy) is 1. The van der Waals surface area contributed by atoms with Crippen molar-refractivity contribution in [1.82, 2.24) is 15.2 Å². The number of aromatic nitrogens is 2. The molecule has 1 aromatic heterocycles. The zero-order valence-electron chi connectivity index (χ0n) is 13.6. The Hall–Kier alpha value is -3.46. The fourth-order valence-electron chi connectivity index (χ4n) is 2.36. The molecule has 0 bridgehead atoms. The summed E-state index contributed by atoms with van der Waals surface area (Å²) in [7, 11) is 1.44. The van der Waals surface area contributed by atoms with Crippen LogP contribution in [0.5, 0.6) is 11.5 Å². The van der Waals surface area contributed by atoms with E-state index in [2.05, 4.69) is 15.6 Å². The molecule has 3 rings (SSSR count). The van der Waals surface area contributed by atoms with Gasteiger partial charge < -0.3 is 9.84 Å². The topological polar surface area (TPSA) is 109 Å². The van der Waals surface area contributed by atoms with Crippen molar-refractivity contribution in [3.8, 4) is 11.5 Å². The number of hydrogen-bond acceptors (Lipinski definition) is 6. The number of para-hydroxylation sites is 1. The summed E-state index contributed by atoms with van der Waals surface area (Å²) < 4.78 is 5.91. The standard InChI is InChI=1S/C17H14N4O4S/c1-25-13-8-4-5-10(14(13)22)9-18-19-17(26)21-16(24)12-7-3-2-6-11(12)15(23)20-21/h2-9,22H,1H3,(H,19,26)(H,20,23)/b18-9+. The van der Waals surface area contributed by atoms with Crippen molar-refractivity contribution in [2.45, 2.75) is 0 Å². The number of hydrogen-bond donors (Lipinski definition) is 3. The van der Waals surface area contributed by atoms with Gasteiger partial charge >= 0.3 is 0 Å². The predicted octanol–water partition coefficient (Wildman–Crippen LogP) is 1.16. The highest BCUT2D eigenvalue weighted by Crippen LogP contribution is 2.27. The molecule has 0 atom stereocenters. The number of phenolic OH excluding ortho intramolecular Hbond substituents is 1. The van der Waals surface area contributed by atoms with Gasteiger partial charge in [-0.05, 0) is 36.5 Å². The van der Waals surface area contributed by atoms with E-state index in [1.807, 2.05) is 0 Å². The van der Waals surface area contributed by atoms with Crippen LogP contribution in [0.1, 0.15) is 5.56 Å². The van der Waals surface area contributed by atoms with Gasteiger partial charge in [0.15, 0.2) is 11.5 Å². The Morgan fingerprint density at radius 3 is 2.69 bits per heavy atom. The molecular formula is C17H14N4O4S. The number of aromatic hydroxyl groups is 1. The molecule has 0 amide bonds. The number of nitrogens with one attached hydrogen (secondary N) is 2. The van der Waals surface area contributed by atoms with E-state index in [4.69, 9.17) is 17.0 Å². The summed E-state index contributed by atoms with van der Waals surface area (Å²) in [5, 5.41) is 16.7. The minimum Gasteiger partial charge on any atom is -0.504 e. The Balaban J connectivity index is 1.88. The third-order valence-corrected chi connectivity index (χ3v) is 3.91. The van der Waals surface area contributed by atoms with E-state index >= 15 is 0 Å². The Morgan fingerprint density at radius 1 is 1.23 bits per heavy atom. The number of phenols is 1. The van der Waals surface area contributed by atoms with Gasteiger partial charge in [-0.1, -0.05) is 18.2 Å². The maximum atomic E-state index is 12.4. The van der Waals surface area contributed by atoms with Gasteiger partial charge in [-0.25, -0.2) is 0 Å². The van der Waals surface area contributed by atoms with Crippen LogP contribution in [0.25, 0.3) is 10.8 Å². The van der Waals surface area contributed by atoms with Crippen molar-refractivity contribution in [2.24, 2.45) is 5.10 Å². The SMILES string of the molecule is COc1cccc(/C=N/NC(=S)n2[nH]c(=O)c3ccccc3c2=O)c1O. The van der Waals surface area contributed by atoms with Crippen molar-refractivity contribution in [3.63, 3.8) is 0 Å². The minimum atomic E-state index is -0.475. The predicted molar refractivity (Wildman–Crippen MR) is 102 cm³/mol.